The smallest absolute Gasteiger partial charge is 0.234 e. The first-order valence-electron chi connectivity index (χ1n) is 3.31. The van der Waals surface area contributed by atoms with Crippen molar-refractivity contribution in [3.8, 4) is 0 Å². The van der Waals surface area contributed by atoms with Crippen molar-refractivity contribution >= 4 is 17.4 Å². The third kappa shape index (κ3) is 3.12. The van der Waals surface area contributed by atoms with Crippen molar-refractivity contribution in [3.63, 3.8) is 0 Å². The third-order valence-electron chi connectivity index (χ3n) is 1.12. The lowest BCUT2D eigenvalue weighted by molar-refractivity contribution is -0.402. The van der Waals surface area contributed by atoms with Crippen molar-refractivity contribution in [2.75, 3.05) is 0 Å². The van der Waals surface area contributed by atoms with Crippen LogP contribution in [0.2, 0.25) is 0 Å². The molecule has 1 rings (SSSR count). The Morgan fingerprint density at radius 1 is 1.50 bits per heavy atom. The van der Waals surface area contributed by atoms with E-state index >= 15 is 0 Å². The van der Waals surface area contributed by atoms with Crippen LogP contribution in [0.4, 0.5) is 0 Å². The van der Waals surface area contributed by atoms with Gasteiger partial charge in [-0.1, -0.05) is 12.1 Å². The van der Waals surface area contributed by atoms with Gasteiger partial charge in [0.15, 0.2) is 0 Å². The lowest BCUT2D eigenvalue weighted by atomic mass is 10.4. The number of thiophene rings is 1. The molecule has 0 atom stereocenters. The first-order chi connectivity index (χ1) is 5.79. The lowest BCUT2D eigenvalue weighted by Crippen LogP contribution is -1.80. The summed E-state index contributed by atoms with van der Waals surface area (Å²) in [5.74, 6) is 0. The van der Waals surface area contributed by atoms with Gasteiger partial charge in [0.2, 0.25) is 6.20 Å². The van der Waals surface area contributed by atoms with Crippen molar-refractivity contribution in [1.82, 2.24) is 0 Å². The van der Waals surface area contributed by atoms with E-state index in [-0.39, 0.29) is 0 Å². The summed E-state index contributed by atoms with van der Waals surface area (Å²) in [4.78, 5) is 10.4. The molecule has 0 aliphatic heterocycles. The van der Waals surface area contributed by atoms with Crippen LogP contribution in [0.1, 0.15) is 4.88 Å². The van der Waals surface area contributed by atoms with Crippen molar-refractivity contribution < 1.29 is 4.92 Å². The maximum atomic E-state index is 9.85. The number of nitro groups is 1. The molecule has 0 bridgehead atoms. The van der Waals surface area contributed by atoms with E-state index in [4.69, 9.17) is 0 Å². The van der Waals surface area contributed by atoms with Gasteiger partial charge in [-0.05, 0) is 17.5 Å². The van der Waals surface area contributed by atoms with Gasteiger partial charge in [0.25, 0.3) is 0 Å². The fourth-order valence-electron chi connectivity index (χ4n) is 0.656. The van der Waals surface area contributed by atoms with E-state index in [1.807, 2.05) is 23.6 Å². The van der Waals surface area contributed by atoms with Crippen molar-refractivity contribution in [2.24, 2.45) is 0 Å². The minimum Gasteiger partial charge on any atom is -0.259 e. The highest BCUT2D eigenvalue weighted by Gasteiger charge is 1.83. The Morgan fingerprint density at radius 3 is 2.92 bits per heavy atom. The molecule has 1 aromatic heterocycles. The summed E-state index contributed by atoms with van der Waals surface area (Å²) in [6, 6.07) is 3.88. The molecule has 0 N–H and O–H groups in total. The SMILES string of the molecule is O=[N+]([O-])C=CC=Cc1cccs1. The Labute approximate surface area is 73.8 Å². The number of nitrogens with zero attached hydrogens (tertiary/aromatic N) is 1. The first-order valence-corrected chi connectivity index (χ1v) is 4.19. The van der Waals surface area contributed by atoms with Crippen LogP contribution in [-0.2, 0) is 0 Å². The first kappa shape index (κ1) is 8.67. The summed E-state index contributed by atoms with van der Waals surface area (Å²) in [6.45, 7) is 0. The van der Waals surface area contributed by atoms with Gasteiger partial charge in [-0.15, -0.1) is 11.3 Å². The standard InChI is InChI=1S/C8H7NO2S/c10-9(11)6-2-1-4-8-5-3-7-12-8/h1-7H. The van der Waals surface area contributed by atoms with Crippen LogP contribution in [0.25, 0.3) is 6.08 Å². The normalized spacial score (nSPS) is 11.3. The monoisotopic (exact) mass is 181 g/mol. The van der Waals surface area contributed by atoms with E-state index in [9.17, 15) is 10.1 Å². The van der Waals surface area contributed by atoms with E-state index in [0.717, 1.165) is 11.1 Å². The zero-order valence-corrected chi connectivity index (χ0v) is 7.03. The predicted molar refractivity (Wildman–Crippen MR) is 49.5 cm³/mol. The highest BCUT2D eigenvalue weighted by atomic mass is 32.1. The molecule has 0 saturated carbocycles. The largest absolute Gasteiger partial charge is 0.259 e. The second-order valence-corrected chi connectivity index (χ2v) is 2.98. The fraction of sp³-hybridized carbons (Fsp3) is 0. The van der Waals surface area contributed by atoms with Gasteiger partial charge in [0.05, 0.1) is 4.92 Å². The van der Waals surface area contributed by atoms with E-state index in [0.29, 0.717) is 0 Å². The highest BCUT2D eigenvalue weighted by molar-refractivity contribution is 7.10. The van der Waals surface area contributed by atoms with Gasteiger partial charge < -0.3 is 0 Å². The summed E-state index contributed by atoms with van der Waals surface area (Å²) in [5, 5.41) is 11.8. The Kier molecular flexibility index (Phi) is 3.22. The quantitative estimate of drug-likeness (QED) is 0.408. The van der Waals surface area contributed by atoms with Gasteiger partial charge >= 0.3 is 0 Å². The molecule has 0 aliphatic rings. The Morgan fingerprint density at radius 2 is 2.33 bits per heavy atom. The predicted octanol–water partition coefficient (Wildman–Crippen LogP) is 2.55. The molecular weight excluding hydrogens is 174 g/mol. The second-order valence-electron chi connectivity index (χ2n) is 2.00. The Hall–Kier alpha value is -1.42. The van der Waals surface area contributed by atoms with Gasteiger partial charge in [0, 0.05) is 11.0 Å². The molecule has 0 spiro atoms. The molecule has 12 heavy (non-hydrogen) atoms. The van der Waals surface area contributed by atoms with E-state index in [2.05, 4.69) is 0 Å². The van der Waals surface area contributed by atoms with E-state index in [1.54, 1.807) is 17.4 Å². The summed E-state index contributed by atoms with van der Waals surface area (Å²) in [7, 11) is 0. The topological polar surface area (TPSA) is 43.1 Å². The fourth-order valence-corrected chi connectivity index (χ4v) is 1.28. The summed E-state index contributed by atoms with van der Waals surface area (Å²) >= 11 is 1.59. The zero-order chi connectivity index (χ0) is 8.81. The van der Waals surface area contributed by atoms with Crippen LogP contribution in [-0.4, -0.2) is 4.92 Å². The molecule has 4 heteroatoms. The Bertz CT molecular complexity index is 301. The molecule has 1 heterocycles. The van der Waals surface area contributed by atoms with Gasteiger partial charge in [-0.25, -0.2) is 0 Å². The van der Waals surface area contributed by atoms with E-state index in [1.165, 1.54) is 6.08 Å². The molecule has 0 unspecified atom stereocenters. The van der Waals surface area contributed by atoms with Crippen LogP contribution >= 0.6 is 11.3 Å². The molecule has 0 fully saturated rings. The number of allylic oxidation sites excluding steroid dienone is 2. The van der Waals surface area contributed by atoms with Crippen molar-refractivity contribution in [1.29, 1.82) is 0 Å². The van der Waals surface area contributed by atoms with Crippen LogP contribution < -0.4 is 0 Å². The number of rotatable bonds is 3. The van der Waals surface area contributed by atoms with Crippen LogP contribution in [0.15, 0.2) is 35.9 Å². The van der Waals surface area contributed by atoms with E-state index < -0.39 is 4.92 Å². The minimum absolute atomic E-state index is 0.487. The molecule has 0 aromatic carbocycles. The van der Waals surface area contributed by atoms with Crippen LogP contribution in [0.5, 0.6) is 0 Å². The molecule has 0 aliphatic carbocycles. The lowest BCUT2D eigenvalue weighted by Gasteiger charge is -1.78. The Balaban J connectivity index is 2.47. The van der Waals surface area contributed by atoms with Crippen LogP contribution in [0.3, 0.4) is 0 Å². The molecular formula is C8H7NO2S. The minimum atomic E-state index is -0.487. The average Bonchev–Trinajstić information content (AvgIpc) is 2.49. The zero-order valence-electron chi connectivity index (χ0n) is 6.21. The molecule has 1 aromatic rings. The number of hydrogen-bond acceptors (Lipinski definition) is 3. The summed E-state index contributed by atoms with van der Waals surface area (Å²) in [5.41, 5.74) is 0. The van der Waals surface area contributed by atoms with Crippen molar-refractivity contribution in [2.45, 2.75) is 0 Å². The molecule has 0 radical (unpaired) electrons. The highest BCUT2D eigenvalue weighted by Crippen LogP contribution is 2.09. The van der Waals surface area contributed by atoms with Crippen molar-refractivity contribution in [3.05, 3.63) is 50.9 Å². The third-order valence-corrected chi connectivity index (χ3v) is 1.96. The molecule has 62 valence electrons. The van der Waals surface area contributed by atoms with Gasteiger partial charge in [-0.3, -0.25) is 10.1 Å². The number of hydrogen-bond donors (Lipinski definition) is 0. The average molecular weight is 181 g/mol. The second kappa shape index (κ2) is 4.46. The molecule has 0 saturated heterocycles. The van der Waals surface area contributed by atoms with Gasteiger partial charge in [-0.2, -0.15) is 0 Å². The summed E-state index contributed by atoms with van der Waals surface area (Å²) in [6.07, 6.45) is 5.78. The summed E-state index contributed by atoms with van der Waals surface area (Å²) < 4.78 is 0. The maximum Gasteiger partial charge on any atom is 0.234 e. The van der Waals surface area contributed by atoms with Crippen LogP contribution in [0, 0.1) is 10.1 Å². The molecule has 3 nitrogen and oxygen atoms in total. The maximum absolute atomic E-state index is 9.85. The van der Waals surface area contributed by atoms with Gasteiger partial charge in [0.1, 0.15) is 0 Å². The molecule has 0 amide bonds.